The Bertz CT molecular complexity index is 905. The van der Waals surface area contributed by atoms with Crippen molar-refractivity contribution >= 4 is 17.4 Å². The molecule has 0 amide bonds. The molecule has 6 heteroatoms. The van der Waals surface area contributed by atoms with Gasteiger partial charge in [-0.05, 0) is 48.9 Å². The number of hydrogen-bond donors (Lipinski definition) is 1. The van der Waals surface area contributed by atoms with E-state index in [1.54, 1.807) is 30.0 Å². The van der Waals surface area contributed by atoms with Crippen LogP contribution in [-0.2, 0) is 6.42 Å². The Morgan fingerprint density at radius 3 is 2.75 bits per heavy atom. The number of ether oxygens (including phenoxy) is 1. The van der Waals surface area contributed by atoms with E-state index < -0.39 is 0 Å². The van der Waals surface area contributed by atoms with Crippen molar-refractivity contribution in [1.82, 2.24) is 9.78 Å². The highest BCUT2D eigenvalue weighted by atomic mass is 35.5. The number of nitrogens with one attached hydrogen (secondary N) is 1. The van der Waals surface area contributed by atoms with Crippen LogP contribution in [0.15, 0.2) is 42.5 Å². The van der Waals surface area contributed by atoms with Gasteiger partial charge in [-0.2, -0.15) is 5.10 Å². The predicted molar refractivity (Wildman–Crippen MR) is 92.7 cm³/mol. The molecule has 1 aliphatic rings. The number of anilines is 1. The number of methoxy groups -OCH3 is 1. The molecule has 0 radical (unpaired) electrons. The third kappa shape index (κ3) is 2.41. The summed E-state index contributed by atoms with van der Waals surface area (Å²) in [4.78, 5) is 0. The number of rotatable bonds is 3. The minimum absolute atomic E-state index is 0.271. The molecule has 4 rings (SSSR count). The molecule has 1 aromatic heterocycles. The number of benzene rings is 2. The molecule has 0 spiro atoms. The van der Waals surface area contributed by atoms with Gasteiger partial charge in [0, 0.05) is 22.7 Å². The fourth-order valence-electron chi connectivity index (χ4n) is 3.03. The summed E-state index contributed by atoms with van der Waals surface area (Å²) in [7, 11) is 1.63. The van der Waals surface area contributed by atoms with Crippen molar-refractivity contribution in [2.45, 2.75) is 6.42 Å². The maximum atomic E-state index is 13.2. The molecule has 3 aromatic rings. The lowest BCUT2D eigenvalue weighted by Crippen LogP contribution is -2.04. The first kappa shape index (κ1) is 15.0. The van der Waals surface area contributed by atoms with Gasteiger partial charge in [-0.1, -0.05) is 11.6 Å². The van der Waals surface area contributed by atoms with E-state index in [1.807, 2.05) is 12.1 Å². The Hall–Kier alpha value is -2.53. The van der Waals surface area contributed by atoms with E-state index in [1.165, 1.54) is 12.1 Å². The van der Waals surface area contributed by atoms with Crippen molar-refractivity contribution in [2.24, 2.45) is 0 Å². The lowest BCUT2D eigenvalue weighted by atomic mass is 10.1. The van der Waals surface area contributed by atoms with Crippen molar-refractivity contribution in [3.05, 3.63) is 58.9 Å². The molecule has 24 heavy (non-hydrogen) atoms. The van der Waals surface area contributed by atoms with E-state index in [2.05, 4.69) is 5.32 Å². The molecular formula is C18H15ClFN3O. The van der Waals surface area contributed by atoms with Crippen LogP contribution in [0, 0.1) is 5.82 Å². The predicted octanol–water partition coefficient (Wildman–Crippen LogP) is 4.31. The van der Waals surface area contributed by atoms with Crippen LogP contribution in [0.3, 0.4) is 0 Å². The summed E-state index contributed by atoms with van der Waals surface area (Å²) in [6.45, 7) is 0.838. The van der Waals surface area contributed by atoms with E-state index in [-0.39, 0.29) is 5.82 Å². The topological polar surface area (TPSA) is 39.1 Å². The third-order valence-corrected chi connectivity index (χ3v) is 4.37. The quantitative estimate of drug-likeness (QED) is 0.770. The summed E-state index contributed by atoms with van der Waals surface area (Å²) in [5.74, 6) is 1.38. The normalized spacial score (nSPS) is 12.8. The molecule has 0 fully saturated rings. The van der Waals surface area contributed by atoms with Gasteiger partial charge in [0.2, 0.25) is 0 Å². The molecule has 4 nitrogen and oxygen atoms in total. The van der Waals surface area contributed by atoms with E-state index in [0.717, 1.165) is 47.0 Å². The van der Waals surface area contributed by atoms with Crippen LogP contribution in [0.4, 0.5) is 10.2 Å². The van der Waals surface area contributed by atoms with Crippen LogP contribution in [0.1, 0.15) is 5.56 Å². The fourth-order valence-corrected chi connectivity index (χ4v) is 3.20. The second kappa shape index (κ2) is 5.83. The molecule has 2 aromatic carbocycles. The van der Waals surface area contributed by atoms with Crippen LogP contribution in [0.5, 0.6) is 5.75 Å². The standard InChI is InChI=1S/C18H15ClFN3O/c1-24-16-7-2-11(19)10-15(16)17-14-8-9-21-18(14)23(22-17)13-5-3-12(20)4-6-13/h2-7,10,21H,8-9H2,1H3. The first-order valence-corrected chi connectivity index (χ1v) is 8.01. The maximum absolute atomic E-state index is 13.2. The second-order valence-electron chi connectivity index (χ2n) is 5.59. The van der Waals surface area contributed by atoms with Crippen molar-refractivity contribution in [2.75, 3.05) is 19.0 Å². The first-order valence-electron chi connectivity index (χ1n) is 7.63. The fraction of sp³-hybridized carbons (Fsp3) is 0.167. The molecular weight excluding hydrogens is 329 g/mol. The van der Waals surface area contributed by atoms with Crippen LogP contribution < -0.4 is 10.1 Å². The van der Waals surface area contributed by atoms with Crippen molar-refractivity contribution in [3.63, 3.8) is 0 Å². The molecule has 2 heterocycles. The van der Waals surface area contributed by atoms with Gasteiger partial charge in [-0.3, -0.25) is 0 Å². The van der Waals surface area contributed by atoms with Crippen LogP contribution in [0.2, 0.25) is 5.02 Å². The first-order chi connectivity index (χ1) is 11.7. The molecule has 0 unspecified atom stereocenters. The van der Waals surface area contributed by atoms with Gasteiger partial charge in [0.1, 0.15) is 23.1 Å². The van der Waals surface area contributed by atoms with Crippen molar-refractivity contribution in [3.8, 4) is 22.7 Å². The number of halogens is 2. The highest BCUT2D eigenvalue weighted by molar-refractivity contribution is 6.31. The Kier molecular flexibility index (Phi) is 3.65. The molecule has 0 saturated carbocycles. The summed E-state index contributed by atoms with van der Waals surface area (Å²) < 4.78 is 20.5. The number of aromatic nitrogens is 2. The molecule has 1 N–H and O–H groups in total. The van der Waals surface area contributed by atoms with Gasteiger partial charge < -0.3 is 10.1 Å². The molecule has 122 valence electrons. The molecule has 0 atom stereocenters. The lowest BCUT2D eigenvalue weighted by Gasteiger charge is -2.08. The van der Waals surface area contributed by atoms with Gasteiger partial charge in [0.25, 0.3) is 0 Å². The molecule has 0 saturated heterocycles. The van der Waals surface area contributed by atoms with Gasteiger partial charge in [-0.15, -0.1) is 0 Å². The van der Waals surface area contributed by atoms with Gasteiger partial charge in [0.15, 0.2) is 0 Å². The Balaban J connectivity index is 1.91. The second-order valence-corrected chi connectivity index (χ2v) is 6.02. The summed E-state index contributed by atoms with van der Waals surface area (Å²) in [6, 6.07) is 11.8. The zero-order chi connectivity index (χ0) is 16.7. The van der Waals surface area contributed by atoms with Crippen LogP contribution in [0.25, 0.3) is 16.9 Å². The summed E-state index contributed by atoms with van der Waals surface area (Å²) in [6.07, 6.45) is 0.863. The zero-order valence-corrected chi connectivity index (χ0v) is 13.8. The number of nitrogens with zero attached hydrogens (tertiary/aromatic N) is 2. The monoisotopic (exact) mass is 343 g/mol. The van der Waals surface area contributed by atoms with E-state index in [0.29, 0.717) is 5.02 Å². The van der Waals surface area contributed by atoms with E-state index >= 15 is 0 Å². The van der Waals surface area contributed by atoms with Crippen molar-refractivity contribution < 1.29 is 9.13 Å². The summed E-state index contributed by atoms with van der Waals surface area (Å²) in [5, 5.41) is 8.73. The molecule has 0 aliphatic carbocycles. The Morgan fingerprint density at radius 2 is 2.00 bits per heavy atom. The molecule has 0 bridgehead atoms. The Morgan fingerprint density at radius 1 is 1.21 bits per heavy atom. The van der Waals surface area contributed by atoms with Gasteiger partial charge >= 0.3 is 0 Å². The average Bonchev–Trinajstić information content (AvgIpc) is 3.18. The third-order valence-electron chi connectivity index (χ3n) is 4.14. The lowest BCUT2D eigenvalue weighted by molar-refractivity contribution is 0.416. The minimum atomic E-state index is -0.271. The SMILES string of the molecule is COc1ccc(Cl)cc1-c1nn(-c2ccc(F)cc2)c2c1CCN2. The highest BCUT2D eigenvalue weighted by Crippen LogP contribution is 2.39. The smallest absolute Gasteiger partial charge is 0.133 e. The number of hydrogen-bond acceptors (Lipinski definition) is 3. The summed E-state index contributed by atoms with van der Waals surface area (Å²) in [5.41, 5.74) is 3.60. The van der Waals surface area contributed by atoms with E-state index in [9.17, 15) is 4.39 Å². The van der Waals surface area contributed by atoms with Crippen molar-refractivity contribution in [1.29, 1.82) is 0 Å². The minimum Gasteiger partial charge on any atom is -0.496 e. The largest absolute Gasteiger partial charge is 0.496 e. The highest BCUT2D eigenvalue weighted by Gasteiger charge is 2.25. The van der Waals surface area contributed by atoms with Crippen LogP contribution in [-0.4, -0.2) is 23.4 Å². The Labute approximate surface area is 143 Å². The van der Waals surface area contributed by atoms with Gasteiger partial charge in [-0.25, -0.2) is 9.07 Å². The summed E-state index contributed by atoms with van der Waals surface area (Å²) >= 11 is 6.17. The zero-order valence-electron chi connectivity index (χ0n) is 13.0. The van der Waals surface area contributed by atoms with Crippen LogP contribution >= 0.6 is 11.6 Å². The number of fused-ring (bicyclic) bond motifs is 1. The maximum Gasteiger partial charge on any atom is 0.133 e. The van der Waals surface area contributed by atoms with Gasteiger partial charge in [0.05, 0.1) is 12.8 Å². The van der Waals surface area contributed by atoms with E-state index in [4.69, 9.17) is 21.4 Å². The molecule has 1 aliphatic heterocycles. The average molecular weight is 344 g/mol.